The van der Waals surface area contributed by atoms with Gasteiger partial charge in [0, 0.05) is 36.1 Å². The average Bonchev–Trinajstić information content (AvgIpc) is 3.27. The van der Waals surface area contributed by atoms with E-state index in [1.807, 2.05) is 18.2 Å². The van der Waals surface area contributed by atoms with Gasteiger partial charge in [0.1, 0.15) is 0 Å². The number of ether oxygens (including phenoxy) is 1. The van der Waals surface area contributed by atoms with Crippen LogP contribution in [0.5, 0.6) is 5.88 Å². The maximum Gasteiger partial charge on any atom is 0.218 e. The fourth-order valence-electron chi connectivity index (χ4n) is 2.48. The summed E-state index contributed by atoms with van der Waals surface area (Å²) < 4.78 is 5.38. The Morgan fingerprint density at radius 1 is 1.35 bits per heavy atom. The van der Waals surface area contributed by atoms with Gasteiger partial charge >= 0.3 is 0 Å². The lowest BCUT2D eigenvalue weighted by Gasteiger charge is -2.14. The summed E-state index contributed by atoms with van der Waals surface area (Å²) in [5.41, 5.74) is 2.12. The molecule has 20 heavy (non-hydrogen) atoms. The zero-order valence-electron chi connectivity index (χ0n) is 11.7. The molecular formula is C16H20N2O2. The minimum absolute atomic E-state index is 0.123. The summed E-state index contributed by atoms with van der Waals surface area (Å²) in [6.45, 7) is 1.83. The molecule has 0 radical (unpaired) electrons. The molecule has 1 fully saturated rings. The van der Waals surface area contributed by atoms with Gasteiger partial charge < -0.3 is 15.2 Å². The first-order valence-corrected chi connectivity index (χ1v) is 7.01. The van der Waals surface area contributed by atoms with E-state index >= 15 is 0 Å². The van der Waals surface area contributed by atoms with Gasteiger partial charge in [0.05, 0.1) is 12.6 Å². The molecule has 0 aliphatic heterocycles. The molecule has 4 heteroatoms. The number of nitrogens with one attached hydrogen (secondary N) is 1. The fraction of sp³-hybridized carbons (Fsp3) is 0.438. The lowest BCUT2D eigenvalue weighted by Crippen LogP contribution is -2.26. The van der Waals surface area contributed by atoms with Crippen molar-refractivity contribution >= 4 is 10.9 Å². The van der Waals surface area contributed by atoms with E-state index in [1.54, 1.807) is 7.11 Å². The van der Waals surface area contributed by atoms with E-state index in [1.165, 1.54) is 0 Å². The maximum absolute atomic E-state index is 9.32. The van der Waals surface area contributed by atoms with Crippen molar-refractivity contribution in [2.75, 3.05) is 20.3 Å². The second-order valence-electron chi connectivity index (χ2n) is 5.61. The van der Waals surface area contributed by atoms with Crippen LogP contribution in [0, 0.1) is 5.41 Å². The number of methoxy groups -OCH3 is 1. The van der Waals surface area contributed by atoms with Gasteiger partial charge in [-0.15, -0.1) is 0 Å². The SMILES string of the molecule is COc1nc2ccccc2cc1CNCC1(CO)CC1. The smallest absolute Gasteiger partial charge is 0.218 e. The molecule has 0 saturated heterocycles. The highest BCUT2D eigenvalue weighted by Crippen LogP contribution is 2.44. The van der Waals surface area contributed by atoms with Gasteiger partial charge in [-0.2, -0.15) is 0 Å². The highest BCUT2D eigenvalue weighted by Gasteiger charge is 2.41. The third-order valence-corrected chi connectivity index (χ3v) is 4.06. The zero-order chi connectivity index (χ0) is 14.0. The number of fused-ring (bicyclic) bond motifs is 1. The van der Waals surface area contributed by atoms with Gasteiger partial charge in [0.25, 0.3) is 0 Å². The quantitative estimate of drug-likeness (QED) is 0.845. The Labute approximate surface area is 118 Å². The van der Waals surface area contributed by atoms with Crippen LogP contribution in [0.2, 0.25) is 0 Å². The molecule has 106 valence electrons. The lowest BCUT2D eigenvalue weighted by molar-refractivity contribution is 0.207. The molecule has 0 amide bonds. The summed E-state index contributed by atoms with van der Waals surface area (Å²) in [5, 5.41) is 13.9. The Hall–Kier alpha value is -1.65. The number of nitrogens with zero attached hydrogens (tertiary/aromatic N) is 1. The highest BCUT2D eigenvalue weighted by atomic mass is 16.5. The second kappa shape index (κ2) is 5.38. The third kappa shape index (κ3) is 2.62. The van der Waals surface area contributed by atoms with Crippen LogP contribution < -0.4 is 10.1 Å². The zero-order valence-corrected chi connectivity index (χ0v) is 11.7. The molecule has 1 aliphatic carbocycles. The monoisotopic (exact) mass is 272 g/mol. The van der Waals surface area contributed by atoms with Gasteiger partial charge in [-0.25, -0.2) is 4.98 Å². The topological polar surface area (TPSA) is 54.4 Å². The van der Waals surface area contributed by atoms with Gasteiger partial charge in [-0.05, 0) is 25.0 Å². The molecule has 0 spiro atoms. The Morgan fingerprint density at radius 2 is 2.15 bits per heavy atom. The molecule has 0 unspecified atom stereocenters. The predicted octanol–water partition coefficient (Wildman–Crippen LogP) is 2.11. The number of aromatic nitrogens is 1. The number of para-hydroxylation sites is 1. The molecule has 3 rings (SSSR count). The Kier molecular flexibility index (Phi) is 3.59. The van der Waals surface area contributed by atoms with E-state index in [2.05, 4.69) is 22.4 Å². The van der Waals surface area contributed by atoms with Crippen molar-refractivity contribution in [3.05, 3.63) is 35.9 Å². The minimum atomic E-state index is 0.123. The van der Waals surface area contributed by atoms with Crippen LogP contribution in [0.15, 0.2) is 30.3 Å². The number of aliphatic hydroxyl groups is 1. The molecule has 4 nitrogen and oxygen atoms in total. The Balaban J connectivity index is 1.75. The van der Waals surface area contributed by atoms with Crippen molar-refractivity contribution < 1.29 is 9.84 Å². The summed E-state index contributed by atoms with van der Waals surface area (Å²) >= 11 is 0. The first-order chi connectivity index (χ1) is 9.76. The first-order valence-electron chi connectivity index (χ1n) is 7.01. The normalized spacial score (nSPS) is 16.3. The average molecular weight is 272 g/mol. The van der Waals surface area contributed by atoms with Gasteiger partial charge in [0.2, 0.25) is 5.88 Å². The van der Waals surface area contributed by atoms with E-state index in [0.717, 1.165) is 35.9 Å². The van der Waals surface area contributed by atoms with E-state index in [0.29, 0.717) is 12.4 Å². The van der Waals surface area contributed by atoms with E-state index in [-0.39, 0.29) is 12.0 Å². The van der Waals surface area contributed by atoms with Crippen molar-refractivity contribution in [1.82, 2.24) is 10.3 Å². The van der Waals surface area contributed by atoms with Crippen LogP contribution in [0.25, 0.3) is 10.9 Å². The summed E-state index contributed by atoms with van der Waals surface area (Å²) in [5.74, 6) is 0.671. The van der Waals surface area contributed by atoms with Crippen molar-refractivity contribution in [3.8, 4) is 5.88 Å². The summed E-state index contributed by atoms with van der Waals surface area (Å²) in [7, 11) is 1.65. The molecular weight excluding hydrogens is 252 g/mol. The molecule has 0 atom stereocenters. The van der Waals surface area contributed by atoms with E-state index < -0.39 is 0 Å². The van der Waals surface area contributed by atoms with Crippen molar-refractivity contribution in [2.45, 2.75) is 19.4 Å². The number of hydrogen-bond donors (Lipinski definition) is 2. The van der Waals surface area contributed by atoms with Crippen molar-refractivity contribution in [1.29, 1.82) is 0 Å². The standard InChI is InChI=1S/C16H20N2O2/c1-20-15-13(9-17-10-16(11-19)6-7-16)8-12-4-2-3-5-14(12)18-15/h2-5,8,17,19H,6-7,9-11H2,1H3. The highest BCUT2D eigenvalue weighted by molar-refractivity contribution is 5.80. The number of rotatable bonds is 6. The Morgan fingerprint density at radius 3 is 2.85 bits per heavy atom. The van der Waals surface area contributed by atoms with Crippen LogP contribution in [-0.2, 0) is 6.54 Å². The van der Waals surface area contributed by atoms with Crippen LogP contribution in [-0.4, -0.2) is 30.4 Å². The van der Waals surface area contributed by atoms with Crippen LogP contribution in [0.1, 0.15) is 18.4 Å². The van der Waals surface area contributed by atoms with Gasteiger partial charge in [-0.3, -0.25) is 0 Å². The number of aliphatic hydroxyl groups excluding tert-OH is 1. The van der Waals surface area contributed by atoms with E-state index in [4.69, 9.17) is 4.74 Å². The second-order valence-corrected chi connectivity index (χ2v) is 5.61. The molecule has 1 aromatic heterocycles. The molecule has 1 aliphatic rings. The first kappa shape index (κ1) is 13.3. The molecule has 1 aromatic carbocycles. The number of pyridine rings is 1. The minimum Gasteiger partial charge on any atom is -0.481 e. The van der Waals surface area contributed by atoms with Crippen molar-refractivity contribution in [3.63, 3.8) is 0 Å². The predicted molar refractivity (Wildman–Crippen MR) is 78.8 cm³/mol. The summed E-state index contributed by atoms with van der Waals surface area (Å²) in [6, 6.07) is 10.2. The summed E-state index contributed by atoms with van der Waals surface area (Å²) in [6.07, 6.45) is 2.23. The van der Waals surface area contributed by atoms with Crippen molar-refractivity contribution in [2.24, 2.45) is 5.41 Å². The molecule has 1 heterocycles. The third-order valence-electron chi connectivity index (χ3n) is 4.06. The summed E-state index contributed by atoms with van der Waals surface area (Å²) in [4.78, 5) is 4.53. The van der Waals surface area contributed by atoms with Gasteiger partial charge in [-0.1, -0.05) is 18.2 Å². The number of benzene rings is 1. The molecule has 1 saturated carbocycles. The van der Waals surface area contributed by atoms with Crippen LogP contribution >= 0.6 is 0 Å². The van der Waals surface area contributed by atoms with Gasteiger partial charge in [0.15, 0.2) is 0 Å². The Bertz CT molecular complexity index is 608. The molecule has 2 aromatic rings. The number of hydrogen-bond acceptors (Lipinski definition) is 4. The van der Waals surface area contributed by atoms with Crippen LogP contribution in [0.3, 0.4) is 0 Å². The molecule has 0 bridgehead atoms. The maximum atomic E-state index is 9.32. The largest absolute Gasteiger partial charge is 0.481 e. The van der Waals surface area contributed by atoms with E-state index in [9.17, 15) is 5.11 Å². The fourth-order valence-corrected chi connectivity index (χ4v) is 2.48. The molecule has 2 N–H and O–H groups in total. The lowest BCUT2D eigenvalue weighted by atomic mass is 10.1. The van der Waals surface area contributed by atoms with Crippen LogP contribution in [0.4, 0.5) is 0 Å².